The van der Waals surface area contributed by atoms with Crippen LogP contribution in [0.4, 0.5) is 0 Å². The topological polar surface area (TPSA) is 505 Å². The quantitative estimate of drug-likeness (QED) is 0.0859. The zero-order valence-corrected chi connectivity index (χ0v) is 52.8. The Morgan fingerprint density at radius 2 is 1.01 bits per heavy atom. The van der Waals surface area contributed by atoms with Gasteiger partial charge in [-0.15, -0.1) is 0 Å². The maximum atomic E-state index is 15.9. The molecule has 1 fully saturated rings. The molecule has 0 spiro atoms. The first-order chi connectivity index (χ1) is 47.7. The number of thiocarbonyl (C=S) groups is 1. The minimum Gasteiger partial charge on any atom is -0.508 e. The molecule has 32 nitrogen and oxygen atoms in total. The Balaban J connectivity index is 1.02. The van der Waals surface area contributed by atoms with Crippen molar-refractivity contribution in [2.24, 2.45) is 0 Å². The molecule has 0 aromatic heterocycles. The summed E-state index contributed by atoms with van der Waals surface area (Å²) in [6, 6.07) is 8.45. The molecule has 17 bridgehead atoms. The third-order valence-corrected chi connectivity index (χ3v) is 17.7. The molecule has 7 heterocycles. The molecule has 7 aliphatic rings. The summed E-state index contributed by atoms with van der Waals surface area (Å²) in [4.78, 5) is 106. The Hall–Kier alpha value is -11.6. The van der Waals surface area contributed by atoms with Crippen molar-refractivity contribution in [1.29, 1.82) is 0 Å². The fraction of sp³-hybridized carbons (Fsp3) is 0.254. The molecule has 0 aliphatic carbocycles. The van der Waals surface area contributed by atoms with Crippen LogP contribution in [0, 0.1) is 6.92 Å². The van der Waals surface area contributed by atoms with E-state index in [1.54, 1.807) is 0 Å². The summed E-state index contributed by atoms with van der Waals surface area (Å²) < 4.78 is 29.3. The van der Waals surface area contributed by atoms with Crippen LogP contribution in [0.3, 0.4) is 0 Å². The predicted octanol–water partition coefficient (Wildman–Crippen LogP) is 0.871. The molecule has 14 atom stereocenters. The van der Waals surface area contributed by atoms with Gasteiger partial charge in [0.1, 0.15) is 113 Å². The zero-order chi connectivity index (χ0) is 71.4. The number of benzene rings is 7. The molecule has 1 saturated heterocycles. The lowest BCUT2D eigenvalue weighted by Crippen LogP contribution is -2.64. The Morgan fingerprint density at radius 3 is 1.61 bits per heavy atom. The maximum Gasteiger partial charge on any atom is 0.333 e. The van der Waals surface area contributed by atoms with E-state index < -0.39 is 196 Å². The van der Waals surface area contributed by atoms with E-state index in [1.807, 2.05) is 0 Å². The lowest BCUT2D eigenvalue weighted by atomic mass is 9.89. The summed E-state index contributed by atoms with van der Waals surface area (Å²) in [6.07, 6.45) is -12.7. The van der Waals surface area contributed by atoms with Crippen LogP contribution in [0.1, 0.15) is 86.9 Å². The van der Waals surface area contributed by atoms with Gasteiger partial charge in [-0.3, -0.25) is 28.8 Å². The number of ether oxygens (including phenoxy) is 5. The number of hydrogen-bond donors (Lipinski definition) is 20. The molecule has 0 saturated carbocycles. The van der Waals surface area contributed by atoms with Crippen LogP contribution in [0.2, 0.25) is 0 Å². The van der Waals surface area contributed by atoms with Crippen LogP contribution >= 0.6 is 12.2 Å². The number of nitrogens with one attached hydrogen (secondary N) is 8. The second kappa shape index (κ2) is 27.4. The molecule has 33 heteroatoms. The highest BCUT2D eigenvalue weighted by molar-refractivity contribution is 7.80. The van der Waals surface area contributed by atoms with E-state index in [2.05, 4.69) is 42.5 Å². The van der Waals surface area contributed by atoms with Crippen LogP contribution in [0.25, 0.3) is 11.1 Å². The number of hydrogen-bond acceptors (Lipinski definition) is 25. The Kier molecular flexibility index (Phi) is 18.7. The first-order valence-electron chi connectivity index (χ1n) is 30.5. The van der Waals surface area contributed by atoms with Crippen molar-refractivity contribution in [2.75, 3.05) is 13.7 Å². The smallest absolute Gasteiger partial charge is 0.333 e. The standard InChI is InChI=1S/C67H62N8O24S/c1-24-38(80)16-29-18-40(24)98-41-17-28(8-14-37(41)79)47(74-67(100)75-65-58(87)57(86)56(85)44(23-76)99-65)60(89)73-51-53(82)25-3-9-32(10-4-25)96-42-19-30-20-43(55(42)84)97-33-11-5-26(6-12-33)54(83)52-64(93)71-50(66(94)95-2)35-21-31(77)22-39(81)45(35)34-15-27(7-13-36(34)78)46(59(88)72-52)68-62(91)49(30)69-61(90)48(29)70-63(51)92/h3-22,44,46-54,56-58,65,76-87H,23H2,1-2H3,(H,68,91)(H,69,90)(H,70,92)(H,71,93)(H,72,88)(H,73,89)(H2,74,75,100)/t44-,46-,47+,48+,49-,50-,51-,52+,53-,54-,56-,57+,58-,65-/m1/s1. The third-order valence-electron chi connectivity index (χ3n) is 17.5. The van der Waals surface area contributed by atoms with E-state index in [1.165, 1.54) is 61.5 Å². The molecule has 0 unspecified atom stereocenters. The molecule has 520 valence electrons. The van der Waals surface area contributed by atoms with Gasteiger partial charge in [-0.05, 0) is 131 Å². The first kappa shape index (κ1) is 68.4. The molecule has 7 aliphatic heterocycles. The van der Waals surface area contributed by atoms with Crippen molar-refractivity contribution < 1.29 is 119 Å². The van der Waals surface area contributed by atoms with Crippen molar-refractivity contribution in [2.45, 2.75) is 92.1 Å². The van der Waals surface area contributed by atoms with E-state index in [4.69, 9.17) is 35.9 Å². The van der Waals surface area contributed by atoms with Crippen molar-refractivity contribution in [3.8, 4) is 80.1 Å². The lowest BCUT2D eigenvalue weighted by Gasteiger charge is -2.40. The van der Waals surface area contributed by atoms with Gasteiger partial charge < -0.3 is 127 Å². The number of phenolic OH excluding ortho intramolecular Hbond substituents is 6. The zero-order valence-electron chi connectivity index (χ0n) is 52.0. The fourth-order valence-corrected chi connectivity index (χ4v) is 12.3. The minimum atomic E-state index is -2.22. The summed E-state index contributed by atoms with van der Waals surface area (Å²) in [6.45, 7) is 0.545. The highest BCUT2D eigenvalue weighted by Crippen LogP contribution is 2.47. The van der Waals surface area contributed by atoms with Gasteiger partial charge in [0.05, 0.1) is 13.7 Å². The van der Waals surface area contributed by atoms with Crippen molar-refractivity contribution >= 4 is 58.7 Å². The van der Waals surface area contributed by atoms with Crippen LogP contribution in [0.15, 0.2) is 121 Å². The number of phenols is 6. The van der Waals surface area contributed by atoms with Crippen molar-refractivity contribution in [1.82, 2.24) is 42.5 Å². The van der Waals surface area contributed by atoms with Gasteiger partial charge in [0.25, 0.3) is 0 Å². The monoisotopic (exact) mass is 1390 g/mol. The SMILES string of the molecule is COC(=O)[C@@H]1NC(=O)[C@H]2NC(=O)[C@H](NC(=O)[C@@H]3NC(=O)[C@H]4NC(=O)[C@H](NC(=O)[C@@H](NC(=S)N[C@@H]5O[C@H](CO)[C@@H](O)[C@H](O)[C@H]5O)c5ccc(O)c(c5)Oc5cc4cc(O)c5C)[C@H](O)c4ccc(cc4)Oc4cc3cc(c4O)Oc3ccc(cc3)[C@H]2O)c2ccc(O)c(c2)-c2c(O)cc(O)cc21. The minimum absolute atomic E-state index is 0.0505. The number of methoxy groups -OCH3 is 1. The van der Waals surface area contributed by atoms with Gasteiger partial charge >= 0.3 is 5.97 Å². The van der Waals surface area contributed by atoms with Gasteiger partial charge in [-0.1, -0.05) is 36.4 Å². The largest absolute Gasteiger partial charge is 0.508 e. The average molecular weight is 1400 g/mol. The summed E-state index contributed by atoms with van der Waals surface area (Å²) in [5, 5.41) is 155. The van der Waals surface area contributed by atoms with Gasteiger partial charge in [0, 0.05) is 28.3 Å². The number of carbonyl (C=O) groups is 7. The summed E-state index contributed by atoms with van der Waals surface area (Å²) in [7, 11) is 0.959. The number of esters is 1. The molecule has 6 amide bonds. The average Bonchev–Trinajstić information content (AvgIpc) is 0.795. The Morgan fingerprint density at radius 1 is 0.500 bits per heavy atom. The summed E-state index contributed by atoms with van der Waals surface area (Å²) in [5.74, 6) is -15.0. The van der Waals surface area contributed by atoms with Crippen molar-refractivity contribution in [3.63, 3.8) is 0 Å². The van der Waals surface area contributed by atoms with Gasteiger partial charge in [-0.2, -0.15) is 0 Å². The number of aliphatic hydroxyl groups is 6. The van der Waals surface area contributed by atoms with Gasteiger partial charge in [-0.25, -0.2) is 4.79 Å². The number of amides is 6. The number of rotatable bonds is 4. The molecular formula is C67H62N8O24S. The third kappa shape index (κ3) is 13.2. The van der Waals surface area contributed by atoms with Crippen LogP contribution in [0.5, 0.6) is 69.0 Å². The highest BCUT2D eigenvalue weighted by atomic mass is 32.1. The molecule has 7 aromatic rings. The fourth-order valence-electron chi connectivity index (χ4n) is 12.1. The number of aliphatic hydroxyl groups excluding tert-OH is 6. The second-order valence-electron chi connectivity index (χ2n) is 23.9. The molecular weight excluding hydrogens is 1330 g/mol. The summed E-state index contributed by atoms with van der Waals surface area (Å²) >= 11 is 5.57. The normalized spacial score (nSPS) is 25.8. The van der Waals surface area contributed by atoms with E-state index in [9.17, 15) is 70.9 Å². The molecule has 20 N–H and O–H groups in total. The van der Waals surface area contributed by atoms with Crippen LogP contribution in [-0.2, 0) is 43.0 Å². The number of aromatic hydroxyl groups is 6. The molecule has 100 heavy (non-hydrogen) atoms. The van der Waals surface area contributed by atoms with Gasteiger partial charge in [0.2, 0.25) is 41.2 Å². The Bertz CT molecular complexity index is 4490. The summed E-state index contributed by atoms with van der Waals surface area (Å²) in [5.41, 5.74) is -2.45. The number of carbonyl (C=O) groups excluding carboxylic acids is 7. The Labute approximate surface area is 569 Å². The first-order valence-corrected chi connectivity index (χ1v) is 30.9. The van der Waals surface area contributed by atoms with Gasteiger partial charge in [0.15, 0.2) is 40.4 Å². The predicted molar refractivity (Wildman–Crippen MR) is 344 cm³/mol. The molecule has 7 aromatic carbocycles. The van der Waals surface area contributed by atoms with E-state index in [0.717, 1.165) is 73.8 Å². The lowest BCUT2D eigenvalue weighted by molar-refractivity contribution is -0.232. The van der Waals surface area contributed by atoms with E-state index in [-0.39, 0.29) is 67.3 Å². The van der Waals surface area contributed by atoms with Crippen LogP contribution in [-0.4, -0.2) is 164 Å². The maximum absolute atomic E-state index is 15.9. The van der Waals surface area contributed by atoms with Crippen LogP contribution < -0.4 is 56.7 Å². The highest BCUT2D eigenvalue weighted by Gasteiger charge is 2.46. The molecule has 0 radical (unpaired) electrons. The van der Waals surface area contributed by atoms with Crippen molar-refractivity contribution in [3.05, 3.63) is 166 Å². The van der Waals surface area contributed by atoms with E-state index >= 15 is 24.0 Å². The molecule has 14 rings (SSSR count). The number of fused-ring (bicyclic) bond motifs is 14. The second-order valence-corrected chi connectivity index (χ2v) is 24.3. The van der Waals surface area contributed by atoms with E-state index in [0.29, 0.717) is 0 Å².